The van der Waals surface area contributed by atoms with E-state index in [2.05, 4.69) is 20.9 Å². The van der Waals surface area contributed by atoms with Crippen LogP contribution in [0.1, 0.15) is 31.7 Å². The summed E-state index contributed by atoms with van der Waals surface area (Å²) in [5.41, 5.74) is 1.20. The average molecular weight is 504 g/mol. The van der Waals surface area contributed by atoms with Gasteiger partial charge in [0, 0.05) is 39.4 Å². The van der Waals surface area contributed by atoms with Crippen molar-refractivity contribution in [2.75, 3.05) is 40.0 Å². The van der Waals surface area contributed by atoms with Crippen LogP contribution in [-0.2, 0) is 16.0 Å². The molecule has 0 aromatic heterocycles. The highest BCUT2D eigenvalue weighted by atomic mass is 127. The van der Waals surface area contributed by atoms with Crippen LogP contribution in [0.4, 0.5) is 0 Å². The number of carbonyl (C=O) groups excluding carboxylic acids is 1. The number of guanidine groups is 1. The SMILES string of the molecule is CCOCCCNC(=NC)NCCc1ccc(OCC(=O)NC2CC2)cc1.I. The molecule has 0 bridgehead atoms. The minimum absolute atomic E-state index is 0. The predicted molar refractivity (Wildman–Crippen MR) is 123 cm³/mol. The lowest BCUT2D eigenvalue weighted by Gasteiger charge is -2.12. The third-order valence-electron chi connectivity index (χ3n) is 4.13. The van der Waals surface area contributed by atoms with E-state index < -0.39 is 0 Å². The zero-order valence-corrected chi connectivity index (χ0v) is 19.2. The summed E-state index contributed by atoms with van der Waals surface area (Å²) in [6.45, 7) is 5.21. The molecule has 1 aliphatic rings. The summed E-state index contributed by atoms with van der Waals surface area (Å²) in [4.78, 5) is 15.8. The molecule has 1 saturated carbocycles. The number of ether oxygens (including phenoxy) is 2. The molecule has 0 atom stereocenters. The Balaban J connectivity index is 0.00000392. The molecule has 1 aromatic rings. The maximum atomic E-state index is 11.6. The van der Waals surface area contributed by atoms with Crippen LogP contribution in [0.5, 0.6) is 5.75 Å². The topological polar surface area (TPSA) is 84.0 Å². The smallest absolute Gasteiger partial charge is 0.258 e. The Morgan fingerprint density at radius 2 is 1.89 bits per heavy atom. The normalized spacial score (nSPS) is 13.4. The minimum Gasteiger partial charge on any atom is -0.484 e. The van der Waals surface area contributed by atoms with Crippen LogP contribution < -0.4 is 20.7 Å². The number of amides is 1. The number of rotatable bonds is 12. The van der Waals surface area contributed by atoms with E-state index in [1.54, 1.807) is 7.05 Å². The van der Waals surface area contributed by atoms with Crippen LogP contribution in [0.3, 0.4) is 0 Å². The average Bonchev–Trinajstić information content (AvgIpc) is 3.49. The van der Waals surface area contributed by atoms with Crippen molar-refractivity contribution in [3.8, 4) is 5.75 Å². The van der Waals surface area contributed by atoms with E-state index >= 15 is 0 Å². The zero-order valence-electron chi connectivity index (χ0n) is 16.8. The Kier molecular flexibility index (Phi) is 12.6. The molecule has 0 radical (unpaired) electrons. The van der Waals surface area contributed by atoms with Crippen molar-refractivity contribution in [2.45, 2.75) is 38.6 Å². The van der Waals surface area contributed by atoms with Crippen LogP contribution >= 0.6 is 24.0 Å². The number of carbonyl (C=O) groups is 1. The van der Waals surface area contributed by atoms with Gasteiger partial charge in [0.1, 0.15) is 5.75 Å². The fraction of sp³-hybridized carbons (Fsp3) is 0.600. The molecule has 3 N–H and O–H groups in total. The Hall–Kier alpha value is -1.55. The number of benzene rings is 1. The van der Waals surface area contributed by atoms with Crippen molar-refractivity contribution in [3.05, 3.63) is 29.8 Å². The van der Waals surface area contributed by atoms with Gasteiger partial charge in [0.05, 0.1) is 0 Å². The highest BCUT2D eigenvalue weighted by Crippen LogP contribution is 2.18. The number of nitrogens with zero attached hydrogens (tertiary/aromatic N) is 1. The third kappa shape index (κ3) is 10.7. The summed E-state index contributed by atoms with van der Waals surface area (Å²) in [7, 11) is 1.77. The molecule has 28 heavy (non-hydrogen) atoms. The largest absolute Gasteiger partial charge is 0.484 e. The van der Waals surface area contributed by atoms with Crippen molar-refractivity contribution >= 4 is 35.8 Å². The van der Waals surface area contributed by atoms with Gasteiger partial charge in [-0.1, -0.05) is 12.1 Å². The fourth-order valence-electron chi connectivity index (χ4n) is 2.47. The van der Waals surface area contributed by atoms with Gasteiger partial charge in [0.2, 0.25) is 0 Å². The molecule has 1 aromatic carbocycles. The van der Waals surface area contributed by atoms with Crippen LogP contribution in [0.2, 0.25) is 0 Å². The van der Waals surface area contributed by atoms with Crippen molar-refractivity contribution in [2.24, 2.45) is 4.99 Å². The lowest BCUT2D eigenvalue weighted by Crippen LogP contribution is -2.39. The molecule has 0 heterocycles. The molecule has 8 heteroatoms. The lowest BCUT2D eigenvalue weighted by molar-refractivity contribution is -0.123. The van der Waals surface area contributed by atoms with Gasteiger partial charge in [0.25, 0.3) is 5.91 Å². The maximum Gasteiger partial charge on any atom is 0.258 e. The quantitative estimate of drug-likeness (QED) is 0.176. The first-order valence-corrected chi connectivity index (χ1v) is 9.74. The van der Waals surface area contributed by atoms with Gasteiger partial charge in [-0.05, 0) is 50.3 Å². The molecule has 2 rings (SSSR count). The fourth-order valence-corrected chi connectivity index (χ4v) is 2.47. The third-order valence-corrected chi connectivity index (χ3v) is 4.13. The van der Waals surface area contributed by atoms with E-state index in [-0.39, 0.29) is 36.5 Å². The van der Waals surface area contributed by atoms with Gasteiger partial charge in [-0.3, -0.25) is 9.79 Å². The Morgan fingerprint density at radius 3 is 2.54 bits per heavy atom. The monoisotopic (exact) mass is 504 g/mol. The molecule has 1 amide bonds. The molecule has 1 fully saturated rings. The first-order chi connectivity index (χ1) is 13.2. The number of halogens is 1. The molecule has 0 aliphatic heterocycles. The summed E-state index contributed by atoms with van der Waals surface area (Å²) in [6.07, 6.45) is 4.00. The van der Waals surface area contributed by atoms with Crippen LogP contribution in [0.15, 0.2) is 29.3 Å². The van der Waals surface area contributed by atoms with E-state index in [1.807, 2.05) is 31.2 Å². The molecule has 0 saturated heterocycles. The molecule has 7 nitrogen and oxygen atoms in total. The van der Waals surface area contributed by atoms with Gasteiger partial charge in [0.15, 0.2) is 12.6 Å². The summed E-state index contributed by atoms with van der Waals surface area (Å²) >= 11 is 0. The second kappa shape index (κ2) is 14.4. The standard InChI is InChI=1S/C20H32N4O3.HI/c1-3-26-14-4-12-22-20(21-2)23-13-11-16-5-9-18(10-6-16)27-15-19(25)24-17-7-8-17;/h5-6,9-10,17H,3-4,7-8,11-15H2,1-2H3,(H,24,25)(H2,21,22,23);1H. The molecule has 0 unspecified atom stereocenters. The van der Waals surface area contributed by atoms with E-state index in [0.717, 1.165) is 57.9 Å². The molecule has 158 valence electrons. The second-order valence-electron chi connectivity index (χ2n) is 6.50. The molecular formula is C20H33IN4O3. The van der Waals surface area contributed by atoms with Crippen LogP contribution in [0.25, 0.3) is 0 Å². The minimum atomic E-state index is -0.0501. The maximum absolute atomic E-state index is 11.6. The van der Waals surface area contributed by atoms with E-state index in [4.69, 9.17) is 9.47 Å². The number of hydrogen-bond donors (Lipinski definition) is 3. The van der Waals surface area contributed by atoms with Gasteiger partial charge in [-0.15, -0.1) is 24.0 Å². The summed E-state index contributed by atoms with van der Waals surface area (Å²) in [5.74, 6) is 1.46. The predicted octanol–water partition coefficient (Wildman–Crippen LogP) is 2.10. The van der Waals surface area contributed by atoms with Crippen molar-refractivity contribution in [3.63, 3.8) is 0 Å². The van der Waals surface area contributed by atoms with E-state index in [9.17, 15) is 4.79 Å². The highest BCUT2D eigenvalue weighted by Gasteiger charge is 2.23. The second-order valence-corrected chi connectivity index (χ2v) is 6.50. The van der Waals surface area contributed by atoms with Gasteiger partial charge >= 0.3 is 0 Å². The Bertz CT molecular complexity index is 592. The molecule has 0 spiro atoms. The molecular weight excluding hydrogens is 471 g/mol. The van der Waals surface area contributed by atoms with E-state index in [0.29, 0.717) is 11.8 Å². The van der Waals surface area contributed by atoms with Gasteiger partial charge in [-0.25, -0.2) is 0 Å². The lowest BCUT2D eigenvalue weighted by atomic mass is 10.1. The first-order valence-electron chi connectivity index (χ1n) is 9.74. The molecule has 1 aliphatic carbocycles. The van der Waals surface area contributed by atoms with Crippen molar-refractivity contribution in [1.29, 1.82) is 0 Å². The van der Waals surface area contributed by atoms with Crippen molar-refractivity contribution in [1.82, 2.24) is 16.0 Å². The summed E-state index contributed by atoms with van der Waals surface area (Å²) < 4.78 is 10.8. The van der Waals surface area contributed by atoms with Gasteiger partial charge in [-0.2, -0.15) is 0 Å². The van der Waals surface area contributed by atoms with Crippen LogP contribution in [-0.4, -0.2) is 57.9 Å². The zero-order chi connectivity index (χ0) is 19.3. The van der Waals surface area contributed by atoms with Crippen LogP contribution in [0, 0.1) is 0 Å². The highest BCUT2D eigenvalue weighted by molar-refractivity contribution is 14.0. The first kappa shape index (κ1) is 24.5. The Morgan fingerprint density at radius 1 is 1.18 bits per heavy atom. The van der Waals surface area contributed by atoms with Gasteiger partial charge < -0.3 is 25.4 Å². The van der Waals surface area contributed by atoms with Crippen molar-refractivity contribution < 1.29 is 14.3 Å². The number of aliphatic imine (C=N–C) groups is 1. The number of hydrogen-bond acceptors (Lipinski definition) is 4. The summed E-state index contributed by atoms with van der Waals surface area (Å²) in [6, 6.07) is 8.22. The van der Waals surface area contributed by atoms with E-state index in [1.165, 1.54) is 5.56 Å². The number of nitrogens with one attached hydrogen (secondary N) is 3. The summed E-state index contributed by atoms with van der Waals surface area (Å²) in [5, 5.41) is 9.48. The Labute approximate surface area is 185 Å².